The molecule has 1 nitrogen and oxygen atoms in total. The number of aryl methyl sites for hydroxylation is 2. The van der Waals surface area contributed by atoms with Gasteiger partial charge >= 0.3 is 0 Å². The van der Waals surface area contributed by atoms with E-state index in [1.54, 1.807) is 36.5 Å². The highest BCUT2D eigenvalue weighted by Crippen LogP contribution is 2.40. The van der Waals surface area contributed by atoms with Gasteiger partial charge in [-0.1, -0.05) is 6.07 Å². The third-order valence-electron chi connectivity index (χ3n) is 3.53. The van der Waals surface area contributed by atoms with Gasteiger partial charge in [0.2, 0.25) is 0 Å². The van der Waals surface area contributed by atoms with E-state index >= 15 is 0 Å². The van der Waals surface area contributed by atoms with Crippen LogP contribution in [0.3, 0.4) is 0 Å². The van der Waals surface area contributed by atoms with Crippen molar-refractivity contribution in [2.75, 3.05) is 0 Å². The van der Waals surface area contributed by atoms with E-state index < -0.39 is 5.67 Å². The largest absolute Gasteiger partial charge is 0.246 e. The monoisotopic (exact) mass is 331 g/mol. The smallest absolute Gasteiger partial charge is 0.132 e. The van der Waals surface area contributed by atoms with Crippen LogP contribution in [0.4, 0.5) is 4.39 Å². The lowest BCUT2D eigenvalue weighted by Crippen LogP contribution is -2.11. The third-order valence-corrected chi connectivity index (χ3v) is 5.73. The van der Waals surface area contributed by atoms with Crippen LogP contribution < -0.4 is 0 Å². The molecule has 0 aliphatic rings. The Morgan fingerprint density at radius 2 is 1.77 bits per heavy atom. The van der Waals surface area contributed by atoms with Gasteiger partial charge in [-0.3, -0.25) is 0 Å². The minimum Gasteiger partial charge on any atom is -0.246 e. The van der Waals surface area contributed by atoms with Crippen LogP contribution in [0.15, 0.2) is 35.0 Å². The quantitative estimate of drug-likeness (QED) is 0.544. The second-order valence-corrected chi connectivity index (χ2v) is 7.78. The molecule has 0 saturated heterocycles. The summed E-state index contributed by atoms with van der Waals surface area (Å²) in [4.78, 5) is 6.85. The van der Waals surface area contributed by atoms with E-state index in [1.165, 1.54) is 5.56 Å². The van der Waals surface area contributed by atoms with E-state index in [0.717, 1.165) is 32.3 Å². The van der Waals surface area contributed by atoms with E-state index in [-0.39, 0.29) is 0 Å². The molecule has 114 valence electrons. The SMILES string of the molecule is Cc1csc(-c2cccc(-c3scc(C)c3C(C)(C)F)n2)c1. The molecule has 0 bridgehead atoms. The van der Waals surface area contributed by atoms with Crippen LogP contribution in [-0.4, -0.2) is 4.98 Å². The van der Waals surface area contributed by atoms with Gasteiger partial charge in [0.25, 0.3) is 0 Å². The number of hydrogen-bond donors (Lipinski definition) is 0. The molecule has 0 unspecified atom stereocenters. The molecule has 3 aromatic heterocycles. The fourth-order valence-electron chi connectivity index (χ4n) is 2.64. The molecular formula is C18H18FNS2. The molecule has 4 heteroatoms. The fraction of sp³-hybridized carbons (Fsp3) is 0.278. The van der Waals surface area contributed by atoms with Gasteiger partial charge in [-0.25, -0.2) is 9.37 Å². The first-order valence-electron chi connectivity index (χ1n) is 7.16. The first-order chi connectivity index (χ1) is 10.4. The molecule has 0 aromatic carbocycles. The molecular weight excluding hydrogens is 313 g/mol. The molecule has 3 rings (SSSR count). The Bertz CT molecular complexity index is 809. The Balaban J connectivity index is 2.11. The first-order valence-corrected chi connectivity index (χ1v) is 8.92. The zero-order chi connectivity index (χ0) is 15.9. The minimum absolute atomic E-state index is 0.754. The van der Waals surface area contributed by atoms with Gasteiger partial charge < -0.3 is 0 Å². The van der Waals surface area contributed by atoms with Crippen molar-refractivity contribution in [3.8, 4) is 21.1 Å². The van der Waals surface area contributed by atoms with E-state index in [0.29, 0.717) is 0 Å². The fourth-order valence-corrected chi connectivity index (χ4v) is 4.67. The molecule has 3 aromatic rings. The average molecular weight is 331 g/mol. The third kappa shape index (κ3) is 2.85. The number of hydrogen-bond acceptors (Lipinski definition) is 3. The average Bonchev–Trinajstić information content (AvgIpc) is 3.04. The summed E-state index contributed by atoms with van der Waals surface area (Å²) in [6.07, 6.45) is 0. The molecule has 0 amide bonds. The zero-order valence-corrected chi connectivity index (χ0v) is 14.7. The summed E-state index contributed by atoms with van der Waals surface area (Å²) in [6, 6.07) is 8.10. The van der Waals surface area contributed by atoms with Crippen molar-refractivity contribution in [2.24, 2.45) is 0 Å². The van der Waals surface area contributed by atoms with E-state index in [9.17, 15) is 4.39 Å². The normalized spacial score (nSPS) is 11.9. The van der Waals surface area contributed by atoms with Crippen LogP contribution >= 0.6 is 22.7 Å². The number of pyridine rings is 1. The Hall–Kier alpha value is -1.52. The van der Waals surface area contributed by atoms with Gasteiger partial charge in [0.1, 0.15) is 5.67 Å². The summed E-state index contributed by atoms with van der Waals surface area (Å²) in [6.45, 7) is 7.26. The van der Waals surface area contributed by atoms with Crippen LogP contribution in [0, 0.1) is 13.8 Å². The Morgan fingerprint density at radius 1 is 1.05 bits per heavy atom. The number of halogens is 1. The van der Waals surface area contributed by atoms with Crippen LogP contribution in [0.25, 0.3) is 21.1 Å². The second-order valence-electron chi connectivity index (χ2n) is 5.99. The van der Waals surface area contributed by atoms with Crippen LogP contribution in [0.5, 0.6) is 0 Å². The maximum Gasteiger partial charge on any atom is 0.132 e. The molecule has 0 aliphatic heterocycles. The van der Waals surface area contributed by atoms with Gasteiger partial charge in [0.05, 0.1) is 21.1 Å². The molecule has 0 spiro atoms. The Labute approximate surface area is 138 Å². The van der Waals surface area contributed by atoms with E-state index in [1.807, 2.05) is 30.5 Å². The summed E-state index contributed by atoms with van der Waals surface area (Å²) in [7, 11) is 0. The molecule has 0 radical (unpaired) electrons. The predicted molar refractivity (Wildman–Crippen MR) is 94.5 cm³/mol. The summed E-state index contributed by atoms with van der Waals surface area (Å²) in [5, 5.41) is 4.13. The first kappa shape index (κ1) is 15.4. The molecule has 0 atom stereocenters. The molecule has 3 heterocycles. The summed E-state index contributed by atoms with van der Waals surface area (Å²) in [5.74, 6) is 0. The molecule has 0 N–H and O–H groups in total. The zero-order valence-electron chi connectivity index (χ0n) is 13.1. The van der Waals surface area contributed by atoms with Crippen molar-refractivity contribution in [2.45, 2.75) is 33.4 Å². The maximum atomic E-state index is 14.6. The summed E-state index contributed by atoms with van der Waals surface area (Å²) >= 11 is 3.25. The van der Waals surface area contributed by atoms with Crippen molar-refractivity contribution in [1.29, 1.82) is 0 Å². The lowest BCUT2D eigenvalue weighted by Gasteiger charge is -2.17. The minimum atomic E-state index is -1.36. The highest BCUT2D eigenvalue weighted by atomic mass is 32.1. The summed E-state index contributed by atoms with van der Waals surface area (Å²) in [5.41, 5.74) is 3.42. The van der Waals surface area contributed by atoms with Gasteiger partial charge in [-0.05, 0) is 67.8 Å². The van der Waals surface area contributed by atoms with Crippen LogP contribution in [0.1, 0.15) is 30.5 Å². The second kappa shape index (κ2) is 5.60. The van der Waals surface area contributed by atoms with Crippen molar-refractivity contribution in [3.63, 3.8) is 0 Å². The number of nitrogens with zero attached hydrogens (tertiary/aromatic N) is 1. The van der Waals surface area contributed by atoms with Gasteiger partial charge in [0.15, 0.2) is 0 Å². The summed E-state index contributed by atoms with van der Waals surface area (Å²) < 4.78 is 14.6. The molecule has 0 fully saturated rings. The van der Waals surface area contributed by atoms with Gasteiger partial charge in [-0.15, -0.1) is 22.7 Å². The van der Waals surface area contributed by atoms with E-state index in [2.05, 4.69) is 18.4 Å². The lowest BCUT2D eigenvalue weighted by molar-refractivity contribution is 0.222. The number of thiophene rings is 2. The molecule has 22 heavy (non-hydrogen) atoms. The van der Waals surface area contributed by atoms with Crippen LogP contribution in [-0.2, 0) is 5.67 Å². The number of aromatic nitrogens is 1. The van der Waals surface area contributed by atoms with Crippen molar-refractivity contribution in [3.05, 3.63) is 51.7 Å². The van der Waals surface area contributed by atoms with Crippen LogP contribution in [0.2, 0.25) is 0 Å². The lowest BCUT2D eigenvalue weighted by atomic mass is 9.96. The standard InChI is InChI=1S/C18H18FNS2/c1-11-8-15(21-9-11)13-6-5-7-14(20-13)17-16(18(3,4)19)12(2)10-22-17/h5-10H,1-4H3. The van der Waals surface area contributed by atoms with Crippen molar-refractivity contribution in [1.82, 2.24) is 4.98 Å². The molecule has 0 saturated carbocycles. The highest BCUT2D eigenvalue weighted by molar-refractivity contribution is 7.14. The highest BCUT2D eigenvalue weighted by Gasteiger charge is 2.27. The maximum absolute atomic E-state index is 14.6. The van der Waals surface area contributed by atoms with Crippen molar-refractivity contribution < 1.29 is 4.39 Å². The van der Waals surface area contributed by atoms with E-state index in [4.69, 9.17) is 4.98 Å². The van der Waals surface area contributed by atoms with Gasteiger partial charge in [0, 0.05) is 5.56 Å². The van der Waals surface area contributed by atoms with Crippen molar-refractivity contribution >= 4 is 22.7 Å². The topological polar surface area (TPSA) is 12.9 Å². The Kier molecular flexibility index (Phi) is 3.91. The van der Waals surface area contributed by atoms with Gasteiger partial charge in [-0.2, -0.15) is 0 Å². The Morgan fingerprint density at radius 3 is 2.41 bits per heavy atom. The number of alkyl halides is 1. The predicted octanol–water partition coefficient (Wildman–Crippen LogP) is 6.36. The number of rotatable bonds is 3. The molecule has 0 aliphatic carbocycles.